The summed E-state index contributed by atoms with van der Waals surface area (Å²) >= 11 is 0. The summed E-state index contributed by atoms with van der Waals surface area (Å²) in [6.07, 6.45) is 2.40. The number of fused-ring (bicyclic) bond motifs is 1. The highest BCUT2D eigenvalue weighted by atomic mass is 16.6. The fraction of sp³-hybridized carbons (Fsp3) is 0.286. The Morgan fingerprint density at radius 3 is 2.39 bits per heavy atom. The van der Waals surface area contributed by atoms with Crippen LogP contribution in [0.1, 0.15) is 12.8 Å². The SMILES string of the molecule is O=[N+]([O-])c1cccc2c(N3CCCC3)cccc12. The zero-order chi connectivity index (χ0) is 12.5. The predicted molar refractivity (Wildman–Crippen MR) is 72.0 cm³/mol. The highest BCUT2D eigenvalue weighted by Gasteiger charge is 2.18. The molecule has 0 N–H and O–H groups in total. The lowest BCUT2D eigenvalue weighted by molar-refractivity contribution is -0.383. The number of nitro benzene ring substituents is 1. The van der Waals surface area contributed by atoms with Crippen LogP contribution in [-0.4, -0.2) is 18.0 Å². The third-order valence-corrected chi connectivity index (χ3v) is 3.52. The lowest BCUT2D eigenvalue weighted by Gasteiger charge is -2.19. The van der Waals surface area contributed by atoms with Crippen molar-refractivity contribution < 1.29 is 4.92 Å². The van der Waals surface area contributed by atoms with E-state index in [2.05, 4.69) is 11.0 Å². The van der Waals surface area contributed by atoms with E-state index >= 15 is 0 Å². The van der Waals surface area contributed by atoms with Gasteiger partial charge in [0.1, 0.15) is 0 Å². The molecule has 1 saturated heterocycles. The zero-order valence-electron chi connectivity index (χ0n) is 10.0. The summed E-state index contributed by atoms with van der Waals surface area (Å²) in [6.45, 7) is 2.09. The highest BCUT2D eigenvalue weighted by Crippen LogP contribution is 2.33. The molecule has 4 nitrogen and oxygen atoms in total. The minimum absolute atomic E-state index is 0.188. The monoisotopic (exact) mass is 242 g/mol. The molecule has 92 valence electrons. The first kappa shape index (κ1) is 11.0. The van der Waals surface area contributed by atoms with Crippen molar-refractivity contribution in [2.45, 2.75) is 12.8 Å². The van der Waals surface area contributed by atoms with Gasteiger partial charge in [-0.2, -0.15) is 0 Å². The number of benzene rings is 2. The van der Waals surface area contributed by atoms with Gasteiger partial charge in [0.05, 0.1) is 10.3 Å². The Hall–Kier alpha value is -2.10. The molecule has 0 aliphatic carbocycles. The lowest BCUT2D eigenvalue weighted by Crippen LogP contribution is -2.17. The second-order valence-electron chi connectivity index (χ2n) is 4.60. The molecule has 3 rings (SSSR count). The number of rotatable bonds is 2. The summed E-state index contributed by atoms with van der Waals surface area (Å²) in [4.78, 5) is 13.0. The molecule has 0 spiro atoms. The first-order valence-electron chi connectivity index (χ1n) is 6.18. The molecular formula is C14H14N2O2. The summed E-state index contributed by atoms with van der Waals surface area (Å²) < 4.78 is 0. The molecule has 18 heavy (non-hydrogen) atoms. The molecule has 0 saturated carbocycles. The number of anilines is 1. The Bertz CT molecular complexity index is 604. The minimum Gasteiger partial charge on any atom is -0.371 e. The van der Waals surface area contributed by atoms with Crippen molar-refractivity contribution in [1.82, 2.24) is 0 Å². The van der Waals surface area contributed by atoms with Gasteiger partial charge in [0.15, 0.2) is 0 Å². The normalized spacial score (nSPS) is 15.2. The van der Waals surface area contributed by atoms with Crippen LogP contribution in [0.5, 0.6) is 0 Å². The van der Waals surface area contributed by atoms with E-state index in [1.807, 2.05) is 18.2 Å². The summed E-state index contributed by atoms with van der Waals surface area (Å²) in [6, 6.07) is 11.1. The minimum atomic E-state index is -0.309. The molecule has 0 radical (unpaired) electrons. The topological polar surface area (TPSA) is 46.4 Å². The molecule has 2 aromatic rings. The Balaban J connectivity index is 2.22. The van der Waals surface area contributed by atoms with Crippen LogP contribution in [-0.2, 0) is 0 Å². The van der Waals surface area contributed by atoms with Crippen LogP contribution in [0.4, 0.5) is 11.4 Å². The first-order chi connectivity index (χ1) is 8.77. The molecule has 1 aliphatic rings. The standard InChI is InChI=1S/C14H14N2O2/c17-16(18)14-8-4-5-11-12(14)6-3-7-13(11)15-9-1-2-10-15/h3-8H,1-2,9-10H2. The van der Waals surface area contributed by atoms with Crippen LogP contribution in [0.25, 0.3) is 10.8 Å². The van der Waals surface area contributed by atoms with Crippen molar-refractivity contribution in [3.63, 3.8) is 0 Å². The molecule has 0 unspecified atom stereocenters. The zero-order valence-corrected chi connectivity index (χ0v) is 10.0. The highest BCUT2D eigenvalue weighted by molar-refractivity contribution is 5.99. The second kappa shape index (κ2) is 4.29. The molecule has 1 fully saturated rings. The Kier molecular flexibility index (Phi) is 2.63. The molecule has 0 bridgehead atoms. The predicted octanol–water partition coefficient (Wildman–Crippen LogP) is 3.35. The van der Waals surface area contributed by atoms with Gasteiger partial charge >= 0.3 is 0 Å². The van der Waals surface area contributed by atoms with Gasteiger partial charge in [-0.3, -0.25) is 10.1 Å². The van der Waals surface area contributed by atoms with Gasteiger partial charge in [0, 0.05) is 30.2 Å². The maximum absolute atomic E-state index is 11.0. The molecule has 0 amide bonds. The van der Waals surface area contributed by atoms with Gasteiger partial charge in [-0.1, -0.05) is 18.2 Å². The van der Waals surface area contributed by atoms with Gasteiger partial charge in [0.25, 0.3) is 5.69 Å². The second-order valence-corrected chi connectivity index (χ2v) is 4.60. The Morgan fingerprint density at radius 1 is 1.00 bits per heavy atom. The van der Waals surface area contributed by atoms with Crippen LogP contribution in [0, 0.1) is 10.1 Å². The summed E-state index contributed by atoms with van der Waals surface area (Å²) in [5, 5.41) is 12.7. The van der Waals surface area contributed by atoms with Gasteiger partial charge in [-0.05, 0) is 25.0 Å². The van der Waals surface area contributed by atoms with Gasteiger partial charge in [0.2, 0.25) is 0 Å². The summed E-state index contributed by atoms with van der Waals surface area (Å²) in [5.41, 5.74) is 1.31. The molecule has 0 aromatic heterocycles. The third-order valence-electron chi connectivity index (χ3n) is 3.52. The van der Waals surface area contributed by atoms with Crippen molar-refractivity contribution in [3.05, 3.63) is 46.5 Å². The summed E-state index contributed by atoms with van der Waals surface area (Å²) in [7, 11) is 0. The quantitative estimate of drug-likeness (QED) is 0.599. The van der Waals surface area contributed by atoms with E-state index in [4.69, 9.17) is 0 Å². The van der Waals surface area contributed by atoms with Crippen molar-refractivity contribution in [3.8, 4) is 0 Å². The van der Waals surface area contributed by atoms with Crippen molar-refractivity contribution in [1.29, 1.82) is 0 Å². The molecular weight excluding hydrogens is 228 g/mol. The maximum atomic E-state index is 11.0. The molecule has 4 heteroatoms. The van der Waals surface area contributed by atoms with E-state index in [0.717, 1.165) is 29.5 Å². The number of non-ortho nitro benzene ring substituents is 1. The number of hydrogen-bond acceptors (Lipinski definition) is 3. The average molecular weight is 242 g/mol. The summed E-state index contributed by atoms with van der Waals surface area (Å²) in [5.74, 6) is 0. The number of hydrogen-bond donors (Lipinski definition) is 0. The fourth-order valence-electron chi connectivity index (χ4n) is 2.67. The van der Waals surface area contributed by atoms with Crippen molar-refractivity contribution >= 4 is 22.1 Å². The van der Waals surface area contributed by atoms with Crippen LogP contribution in [0.2, 0.25) is 0 Å². The smallest absolute Gasteiger partial charge is 0.277 e. The van der Waals surface area contributed by atoms with Crippen LogP contribution >= 0.6 is 0 Å². The third kappa shape index (κ3) is 1.70. The lowest BCUT2D eigenvalue weighted by atomic mass is 10.1. The Morgan fingerprint density at radius 2 is 1.67 bits per heavy atom. The number of nitrogens with zero attached hydrogens (tertiary/aromatic N) is 2. The van der Waals surface area contributed by atoms with E-state index < -0.39 is 0 Å². The van der Waals surface area contributed by atoms with Gasteiger partial charge in [-0.15, -0.1) is 0 Å². The fourth-order valence-corrected chi connectivity index (χ4v) is 2.67. The van der Waals surface area contributed by atoms with E-state index in [9.17, 15) is 10.1 Å². The van der Waals surface area contributed by atoms with Gasteiger partial charge < -0.3 is 4.90 Å². The van der Waals surface area contributed by atoms with E-state index in [-0.39, 0.29) is 10.6 Å². The van der Waals surface area contributed by atoms with Gasteiger partial charge in [-0.25, -0.2) is 0 Å². The van der Waals surface area contributed by atoms with Crippen molar-refractivity contribution in [2.75, 3.05) is 18.0 Å². The average Bonchev–Trinajstić information content (AvgIpc) is 2.91. The Labute approximate surface area is 105 Å². The van der Waals surface area contributed by atoms with E-state index in [1.165, 1.54) is 12.8 Å². The molecule has 0 atom stereocenters. The number of nitro groups is 1. The largest absolute Gasteiger partial charge is 0.371 e. The molecule has 2 aromatic carbocycles. The van der Waals surface area contributed by atoms with Crippen LogP contribution in [0.3, 0.4) is 0 Å². The molecule has 1 aliphatic heterocycles. The first-order valence-corrected chi connectivity index (χ1v) is 6.18. The maximum Gasteiger partial charge on any atom is 0.277 e. The van der Waals surface area contributed by atoms with Crippen LogP contribution < -0.4 is 4.90 Å². The van der Waals surface area contributed by atoms with Crippen LogP contribution in [0.15, 0.2) is 36.4 Å². The molecule has 1 heterocycles. The van der Waals surface area contributed by atoms with E-state index in [1.54, 1.807) is 12.1 Å². The van der Waals surface area contributed by atoms with E-state index in [0.29, 0.717) is 0 Å². The van der Waals surface area contributed by atoms with Crippen molar-refractivity contribution in [2.24, 2.45) is 0 Å².